The van der Waals surface area contributed by atoms with Crippen molar-refractivity contribution in [1.82, 2.24) is 9.79 Å². The predicted molar refractivity (Wildman–Crippen MR) is 102 cm³/mol. The zero-order valence-electron chi connectivity index (χ0n) is 16.4. The summed E-state index contributed by atoms with van der Waals surface area (Å²) in [5.41, 5.74) is 0.417. The first-order chi connectivity index (χ1) is 13.1. The van der Waals surface area contributed by atoms with Crippen LogP contribution >= 0.6 is 0 Å². The molecule has 28 heavy (non-hydrogen) atoms. The molecule has 1 amide bonds. The van der Waals surface area contributed by atoms with Crippen molar-refractivity contribution in [2.45, 2.75) is 56.8 Å². The monoisotopic (exact) mass is 410 g/mol. The van der Waals surface area contributed by atoms with Gasteiger partial charge < -0.3 is 9.47 Å². The van der Waals surface area contributed by atoms with Crippen LogP contribution in [0.1, 0.15) is 34.1 Å². The SMILES string of the molecule is CCC#CCOc1ccc(S(=O)(=O)N2CC(C)OC(C)(C)C2C(=O)NO)cc1. The van der Waals surface area contributed by atoms with E-state index in [9.17, 15) is 13.2 Å². The lowest BCUT2D eigenvalue weighted by Crippen LogP contribution is -2.65. The van der Waals surface area contributed by atoms with Crippen LogP contribution in [0, 0.1) is 11.8 Å². The standard InChI is InChI=1S/C19H26N2O6S/c1-5-6-7-12-26-15-8-10-16(11-9-15)28(24,25)21-13-14(2)27-19(3,4)17(21)18(22)20-23/h8-11,14,17,23H,5,12-13H2,1-4H3,(H,20,22). The molecule has 2 N–H and O–H groups in total. The fourth-order valence-electron chi connectivity index (χ4n) is 3.21. The van der Waals surface area contributed by atoms with E-state index in [0.29, 0.717) is 5.75 Å². The number of carbonyl (C=O) groups is 1. The topological polar surface area (TPSA) is 105 Å². The Kier molecular flexibility index (Phi) is 7.06. The fourth-order valence-corrected chi connectivity index (χ4v) is 4.99. The molecular formula is C19H26N2O6S. The minimum Gasteiger partial charge on any atom is -0.481 e. The van der Waals surface area contributed by atoms with Crippen molar-refractivity contribution >= 4 is 15.9 Å². The summed E-state index contributed by atoms with van der Waals surface area (Å²) in [6.45, 7) is 7.08. The van der Waals surface area contributed by atoms with E-state index in [4.69, 9.17) is 14.7 Å². The van der Waals surface area contributed by atoms with Crippen LogP contribution in [0.3, 0.4) is 0 Å². The molecule has 1 aliphatic heterocycles. The normalized spacial score (nSPS) is 22.0. The molecule has 0 saturated carbocycles. The number of hydrogen-bond acceptors (Lipinski definition) is 6. The number of nitrogens with one attached hydrogen (secondary N) is 1. The van der Waals surface area contributed by atoms with Crippen LogP contribution in [-0.2, 0) is 19.6 Å². The third kappa shape index (κ3) is 4.83. The van der Waals surface area contributed by atoms with Crippen molar-refractivity contribution < 1.29 is 27.9 Å². The minimum atomic E-state index is -4.02. The Labute approximate surface area is 165 Å². The van der Waals surface area contributed by atoms with Crippen molar-refractivity contribution in [2.24, 2.45) is 0 Å². The van der Waals surface area contributed by atoms with E-state index in [-0.39, 0.29) is 18.0 Å². The summed E-state index contributed by atoms with van der Waals surface area (Å²) >= 11 is 0. The first-order valence-corrected chi connectivity index (χ1v) is 10.4. The molecule has 8 nitrogen and oxygen atoms in total. The molecule has 1 aliphatic rings. The molecule has 1 aromatic rings. The van der Waals surface area contributed by atoms with Gasteiger partial charge in [-0.2, -0.15) is 4.31 Å². The van der Waals surface area contributed by atoms with E-state index in [1.165, 1.54) is 24.3 Å². The van der Waals surface area contributed by atoms with Gasteiger partial charge >= 0.3 is 0 Å². The second-order valence-electron chi connectivity index (χ2n) is 6.95. The molecule has 9 heteroatoms. The number of ether oxygens (including phenoxy) is 2. The number of morpholine rings is 1. The van der Waals surface area contributed by atoms with Gasteiger partial charge in [-0.25, -0.2) is 13.9 Å². The first kappa shape index (κ1) is 22.2. The van der Waals surface area contributed by atoms with Gasteiger partial charge in [0.2, 0.25) is 10.0 Å². The van der Waals surface area contributed by atoms with E-state index in [2.05, 4.69) is 11.8 Å². The lowest BCUT2D eigenvalue weighted by molar-refractivity contribution is -0.167. The van der Waals surface area contributed by atoms with Crippen molar-refractivity contribution in [2.75, 3.05) is 13.2 Å². The van der Waals surface area contributed by atoms with E-state index in [1.807, 2.05) is 6.92 Å². The molecular weight excluding hydrogens is 384 g/mol. The quantitative estimate of drug-likeness (QED) is 0.433. The van der Waals surface area contributed by atoms with E-state index < -0.39 is 33.7 Å². The van der Waals surface area contributed by atoms with Gasteiger partial charge in [-0.05, 0) is 45.0 Å². The van der Waals surface area contributed by atoms with Crippen molar-refractivity contribution in [3.8, 4) is 17.6 Å². The number of nitrogens with zero attached hydrogens (tertiary/aromatic N) is 1. The second kappa shape index (κ2) is 8.92. The first-order valence-electron chi connectivity index (χ1n) is 8.95. The van der Waals surface area contributed by atoms with Crippen LogP contribution in [-0.4, -0.2) is 54.7 Å². The average molecular weight is 410 g/mol. The summed E-state index contributed by atoms with van der Waals surface area (Å²) in [4.78, 5) is 12.2. The highest BCUT2D eigenvalue weighted by atomic mass is 32.2. The maximum Gasteiger partial charge on any atom is 0.264 e. The summed E-state index contributed by atoms with van der Waals surface area (Å²) in [5.74, 6) is 5.36. The summed E-state index contributed by atoms with van der Waals surface area (Å²) in [7, 11) is -4.02. The number of amides is 1. The number of benzene rings is 1. The number of rotatable bonds is 5. The zero-order valence-corrected chi connectivity index (χ0v) is 17.2. The van der Waals surface area contributed by atoms with Crippen molar-refractivity contribution in [1.29, 1.82) is 0 Å². The van der Waals surface area contributed by atoms with Gasteiger partial charge in [0.1, 0.15) is 18.4 Å². The van der Waals surface area contributed by atoms with Gasteiger partial charge in [0.15, 0.2) is 0 Å². The number of sulfonamides is 1. The lowest BCUT2D eigenvalue weighted by atomic mass is 9.95. The molecule has 2 rings (SSSR count). The molecule has 2 atom stereocenters. The van der Waals surface area contributed by atoms with Gasteiger partial charge in [0.25, 0.3) is 5.91 Å². The van der Waals surface area contributed by atoms with Gasteiger partial charge in [0, 0.05) is 13.0 Å². The van der Waals surface area contributed by atoms with Crippen molar-refractivity contribution in [3.63, 3.8) is 0 Å². The molecule has 2 unspecified atom stereocenters. The molecule has 0 radical (unpaired) electrons. The highest BCUT2D eigenvalue weighted by Gasteiger charge is 2.50. The second-order valence-corrected chi connectivity index (χ2v) is 8.84. The summed E-state index contributed by atoms with van der Waals surface area (Å²) in [6, 6.07) is 4.68. The van der Waals surface area contributed by atoms with Gasteiger partial charge in [0.05, 0.1) is 16.6 Å². The number of hydrogen-bond donors (Lipinski definition) is 2. The zero-order chi connectivity index (χ0) is 20.9. The Balaban J connectivity index is 2.31. The van der Waals surface area contributed by atoms with Crippen LogP contribution in [0.15, 0.2) is 29.2 Å². The van der Waals surface area contributed by atoms with Crippen LogP contribution in [0.2, 0.25) is 0 Å². The number of carbonyl (C=O) groups excluding carboxylic acids is 1. The summed E-state index contributed by atoms with van der Waals surface area (Å²) < 4.78 is 38.7. The van der Waals surface area contributed by atoms with Gasteiger partial charge in [-0.3, -0.25) is 10.0 Å². The molecule has 1 aromatic carbocycles. The highest BCUT2D eigenvalue weighted by Crippen LogP contribution is 2.33. The average Bonchev–Trinajstić information content (AvgIpc) is 2.63. The summed E-state index contributed by atoms with van der Waals surface area (Å²) in [6.07, 6.45) is 0.310. The van der Waals surface area contributed by atoms with Crippen LogP contribution < -0.4 is 10.2 Å². The fraction of sp³-hybridized carbons (Fsp3) is 0.526. The molecule has 0 aliphatic carbocycles. The Morgan fingerprint density at radius 2 is 2.00 bits per heavy atom. The van der Waals surface area contributed by atoms with Crippen LogP contribution in [0.5, 0.6) is 5.75 Å². The van der Waals surface area contributed by atoms with Crippen LogP contribution in [0.4, 0.5) is 0 Å². The van der Waals surface area contributed by atoms with E-state index in [1.54, 1.807) is 26.3 Å². The predicted octanol–water partition coefficient (Wildman–Crippen LogP) is 1.54. The molecule has 0 bridgehead atoms. The molecule has 1 heterocycles. The Morgan fingerprint density at radius 3 is 2.57 bits per heavy atom. The van der Waals surface area contributed by atoms with E-state index in [0.717, 1.165) is 10.7 Å². The Morgan fingerprint density at radius 1 is 1.36 bits per heavy atom. The molecule has 0 aromatic heterocycles. The third-order valence-corrected chi connectivity index (χ3v) is 6.14. The Hall–Kier alpha value is -2.12. The minimum absolute atomic E-state index is 0.0140. The van der Waals surface area contributed by atoms with Crippen molar-refractivity contribution in [3.05, 3.63) is 24.3 Å². The molecule has 1 saturated heterocycles. The maximum atomic E-state index is 13.2. The molecule has 0 spiro atoms. The molecule has 1 fully saturated rings. The highest BCUT2D eigenvalue weighted by molar-refractivity contribution is 7.89. The van der Waals surface area contributed by atoms with Gasteiger partial charge in [-0.15, -0.1) is 5.92 Å². The smallest absolute Gasteiger partial charge is 0.264 e. The van der Waals surface area contributed by atoms with Crippen LogP contribution in [0.25, 0.3) is 0 Å². The lowest BCUT2D eigenvalue weighted by Gasteiger charge is -2.46. The third-order valence-electron chi connectivity index (χ3n) is 4.29. The van der Waals surface area contributed by atoms with E-state index >= 15 is 0 Å². The Bertz CT molecular complexity index is 855. The maximum absolute atomic E-state index is 13.2. The number of hydroxylamine groups is 1. The van der Waals surface area contributed by atoms with Gasteiger partial charge in [-0.1, -0.05) is 12.8 Å². The molecule has 154 valence electrons. The largest absolute Gasteiger partial charge is 0.481 e. The summed E-state index contributed by atoms with van der Waals surface area (Å²) in [5, 5.41) is 9.09.